The number of anilines is 3. The number of halogens is 1. The van der Waals surface area contributed by atoms with E-state index in [2.05, 4.69) is 37.4 Å². The predicted octanol–water partition coefficient (Wildman–Crippen LogP) is 7.05. The van der Waals surface area contributed by atoms with Crippen LogP contribution in [0, 0.1) is 13.8 Å². The number of carbonyl (C=O) groups excluding carboxylic acids is 2. The van der Waals surface area contributed by atoms with Gasteiger partial charge < -0.3 is 44.3 Å². The number of aromatic nitrogens is 2. The van der Waals surface area contributed by atoms with Crippen molar-refractivity contribution in [3.8, 4) is 28.9 Å². The molecule has 0 aliphatic carbocycles. The number of para-hydroxylation sites is 1. The van der Waals surface area contributed by atoms with Crippen molar-refractivity contribution in [2.45, 2.75) is 34.1 Å². The zero-order valence-electron chi connectivity index (χ0n) is 32.1. The molecule has 1 aliphatic heterocycles. The molecule has 2 heterocycles. The maximum absolute atomic E-state index is 13.8. The Labute approximate surface area is 322 Å². The quantitative estimate of drug-likeness (QED) is 0.114. The third-order valence-electron chi connectivity index (χ3n) is 9.33. The minimum absolute atomic E-state index is 0.0539. The van der Waals surface area contributed by atoms with Gasteiger partial charge in [-0.05, 0) is 70.5 Å². The van der Waals surface area contributed by atoms with Gasteiger partial charge in [-0.15, -0.1) is 0 Å². The van der Waals surface area contributed by atoms with Gasteiger partial charge in [-0.2, -0.15) is 4.98 Å². The van der Waals surface area contributed by atoms with E-state index in [1.54, 1.807) is 49.5 Å². The topological polar surface area (TPSA) is 131 Å². The van der Waals surface area contributed by atoms with Gasteiger partial charge in [0.25, 0.3) is 11.8 Å². The Kier molecular flexibility index (Phi) is 13.9. The van der Waals surface area contributed by atoms with Crippen LogP contribution in [0.4, 0.5) is 17.3 Å². The Morgan fingerprint density at radius 2 is 1.63 bits per heavy atom. The first-order valence-electron chi connectivity index (χ1n) is 18.1. The first-order valence-corrected chi connectivity index (χ1v) is 18.5. The summed E-state index contributed by atoms with van der Waals surface area (Å²) in [5.41, 5.74) is 3.51. The number of likely N-dealkylation sites (N-methyl/N-ethyl adjacent to an activating group) is 1. The van der Waals surface area contributed by atoms with Crippen LogP contribution in [-0.4, -0.2) is 110 Å². The van der Waals surface area contributed by atoms with Crippen LogP contribution in [0.15, 0.2) is 54.7 Å². The fraction of sp³-hybridized carbons (Fsp3) is 0.400. The van der Waals surface area contributed by atoms with E-state index in [0.717, 1.165) is 50.3 Å². The molecule has 13 nitrogen and oxygen atoms in total. The Balaban J connectivity index is 1.42. The highest BCUT2D eigenvalue weighted by molar-refractivity contribution is 6.32. The van der Waals surface area contributed by atoms with Gasteiger partial charge in [0.05, 0.1) is 25.8 Å². The maximum Gasteiger partial charge on any atom is 0.262 e. The van der Waals surface area contributed by atoms with Gasteiger partial charge >= 0.3 is 0 Å². The molecule has 5 rings (SSSR count). The summed E-state index contributed by atoms with van der Waals surface area (Å²) in [6, 6.07) is 14.0. The SMILES string of the molecule is CCN(CC)C(=O)c1ccc(Oc2nc(Nc3cc(OC)c(OC)c(OCCCN4CCN(C)CC4)c3)ncc2C(=O)Nc2c(C)cccc2C)c(Cl)c1. The Bertz CT molecular complexity index is 1910. The van der Waals surface area contributed by atoms with Crippen molar-refractivity contribution in [2.24, 2.45) is 0 Å². The molecular formula is C40H50ClN7O6. The number of nitrogens with one attached hydrogen (secondary N) is 2. The van der Waals surface area contributed by atoms with Crippen LogP contribution in [0.1, 0.15) is 52.1 Å². The molecule has 0 radical (unpaired) electrons. The third kappa shape index (κ3) is 9.90. The van der Waals surface area contributed by atoms with E-state index in [1.165, 1.54) is 6.20 Å². The molecule has 4 aromatic rings. The Morgan fingerprint density at radius 3 is 2.28 bits per heavy atom. The second-order valence-electron chi connectivity index (χ2n) is 13.0. The molecule has 3 aromatic carbocycles. The summed E-state index contributed by atoms with van der Waals surface area (Å²) in [5, 5.41) is 6.35. The molecule has 0 spiro atoms. The minimum Gasteiger partial charge on any atom is -0.493 e. The van der Waals surface area contributed by atoms with Crippen LogP contribution in [0.3, 0.4) is 0 Å². The van der Waals surface area contributed by atoms with Crippen molar-refractivity contribution in [3.63, 3.8) is 0 Å². The van der Waals surface area contributed by atoms with Crippen LogP contribution >= 0.6 is 11.6 Å². The maximum atomic E-state index is 13.8. The number of carbonyl (C=O) groups is 2. The predicted molar refractivity (Wildman–Crippen MR) is 212 cm³/mol. The van der Waals surface area contributed by atoms with Crippen molar-refractivity contribution >= 4 is 40.7 Å². The number of aryl methyl sites for hydroxylation is 2. The van der Waals surface area contributed by atoms with Gasteiger partial charge in [0.1, 0.15) is 11.3 Å². The Hall–Kier alpha value is -5.11. The molecule has 0 saturated carbocycles. The average Bonchev–Trinajstić information content (AvgIpc) is 3.16. The van der Waals surface area contributed by atoms with Crippen LogP contribution in [0.5, 0.6) is 28.9 Å². The molecule has 0 bridgehead atoms. The number of benzene rings is 3. The van der Waals surface area contributed by atoms with Gasteiger partial charge in [0, 0.05) is 81.1 Å². The van der Waals surface area contributed by atoms with E-state index in [0.29, 0.717) is 53.9 Å². The number of methoxy groups -OCH3 is 2. The van der Waals surface area contributed by atoms with E-state index in [9.17, 15) is 9.59 Å². The normalized spacial score (nSPS) is 13.3. The standard InChI is InChI=1S/C40H50ClN7O6/c1-8-48(9-2)39(50)28-14-15-32(31(41)22-28)54-38-30(37(49)44-35-26(3)12-10-13-27(35)4)25-42-40(45-38)43-29-23-33(51-6)36(52-7)34(24-29)53-21-11-16-47-19-17-46(5)18-20-47/h10,12-15,22-25H,8-9,11,16-21H2,1-7H3,(H,44,49)(H,42,43,45). The van der Waals surface area contributed by atoms with Gasteiger partial charge in [0.2, 0.25) is 17.6 Å². The lowest BCUT2D eigenvalue weighted by Crippen LogP contribution is -2.44. The van der Waals surface area contributed by atoms with Crippen LogP contribution in [0.25, 0.3) is 0 Å². The number of rotatable bonds is 16. The molecule has 2 N–H and O–H groups in total. The lowest BCUT2D eigenvalue weighted by Gasteiger charge is -2.32. The second-order valence-corrected chi connectivity index (χ2v) is 13.4. The fourth-order valence-corrected chi connectivity index (χ4v) is 6.37. The number of nitrogens with zero attached hydrogens (tertiary/aromatic N) is 5. The summed E-state index contributed by atoms with van der Waals surface area (Å²) in [5.74, 6) is 1.06. The number of piperazine rings is 1. The molecule has 2 amide bonds. The first-order chi connectivity index (χ1) is 26.0. The highest BCUT2D eigenvalue weighted by Crippen LogP contribution is 2.41. The van der Waals surface area contributed by atoms with Crippen molar-refractivity contribution < 1.29 is 28.5 Å². The van der Waals surface area contributed by atoms with Crippen molar-refractivity contribution in [1.29, 1.82) is 0 Å². The van der Waals surface area contributed by atoms with E-state index >= 15 is 0 Å². The van der Waals surface area contributed by atoms with E-state index in [4.69, 9.17) is 30.5 Å². The van der Waals surface area contributed by atoms with Gasteiger partial charge in [0.15, 0.2) is 11.5 Å². The zero-order valence-corrected chi connectivity index (χ0v) is 32.9. The fourth-order valence-electron chi connectivity index (χ4n) is 6.15. The molecule has 1 fully saturated rings. The summed E-state index contributed by atoms with van der Waals surface area (Å²) in [6.45, 7) is 14.4. The molecule has 1 aromatic heterocycles. The number of amides is 2. The molecular weight excluding hydrogens is 710 g/mol. The number of ether oxygens (including phenoxy) is 4. The lowest BCUT2D eigenvalue weighted by molar-refractivity contribution is 0.0772. The van der Waals surface area contributed by atoms with Gasteiger partial charge in [-0.3, -0.25) is 9.59 Å². The second kappa shape index (κ2) is 18.8. The molecule has 288 valence electrons. The van der Waals surface area contributed by atoms with E-state index in [-0.39, 0.29) is 34.1 Å². The summed E-state index contributed by atoms with van der Waals surface area (Å²) in [7, 11) is 5.26. The van der Waals surface area contributed by atoms with Crippen LogP contribution in [-0.2, 0) is 0 Å². The summed E-state index contributed by atoms with van der Waals surface area (Å²) >= 11 is 6.67. The molecule has 1 aliphatic rings. The van der Waals surface area contributed by atoms with Gasteiger partial charge in [-0.1, -0.05) is 29.8 Å². The molecule has 0 atom stereocenters. The van der Waals surface area contributed by atoms with E-state index < -0.39 is 5.91 Å². The highest BCUT2D eigenvalue weighted by Gasteiger charge is 2.22. The van der Waals surface area contributed by atoms with Crippen molar-refractivity contribution in [3.05, 3.63) is 82.0 Å². The monoisotopic (exact) mass is 759 g/mol. The van der Waals surface area contributed by atoms with Crippen LogP contribution in [0.2, 0.25) is 5.02 Å². The van der Waals surface area contributed by atoms with Crippen LogP contribution < -0.4 is 29.6 Å². The average molecular weight is 760 g/mol. The summed E-state index contributed by atoms with van der Waals surface area (Å²) < 4.78 is 23.7. The molecule has 14 heteroatoms. The Morgan fingerprint density at radius 1 is 0.926 bits per heavy atom. The summed E-state index contributed by atoms with van der Waals surface area (Å²) in [4.78, 5) is 42.3. The molecule has 1 saturated heterocycles. The van der Waals surface area contributed by atoms with Crippen molar-refractivity contribution in [2.75, 3.05) is 84.3 Å². The van der Waals surface area contributed by atoms with Gasteiger partial charge in [-0.25, -0.2) is 4.98 Å². The zero-order chi connectivity index (χ0) is 38.8. The summed E-state index contributed by atoms with van der Waals surface area (Å²) in [6.07, 6.45) is 2.23. The third-order valence-corrected chi connectivity index (χ3v) is 9.62. The first kappa shape index (κ1) is 40.1. The minimum atomic E-state index is -0.475. The largest absolute Gasteiger partial charge is 0.493 e. The lowest BCUT2D eigenvalue weighted by atomic mass is 10.1. The number of hydrogen-bond acceptors (Lipinski definition) is 11. The molecule has 54 heavy (non-hydrogen) atoms. The van der Waals surface area contributed by atoms with Crippen molar-refractivity contribution in [1.82, 2.24) is 24.7 Å². The smallest absolute Gasteiger partial charge is 0.262 e. The highest BCUT2D eigenvalue weighted by atomic mass is 35.5. The van der Waals surface area contributed by atoms with E-state index in [1.807, 2.05) is 45.9 Å². The number of hydrogen-bond donors (Lipinski definition) is 2. The molecule has 0 unspecified atom stereocenters.